The number of hydrogen-bond donors (Lipinski definition) is 3. The Hall–Kier alpha value is -1.40. The zero-order chi connectivity index (χ0) is 45.1. The zero-order valence-electron chi connectivity index (χ0n) is 41.9. The van der Waals surface area contributed by atoms with Crippen molar-refractivity contribution in [2.75, 3.05) is 13.2 Å². The van der Waals surface area contributed by atoms with Crippen LogP contribution in [0, 0.1) is 0 Å². The minimum atomic E-state index is -0.670. The van der Waals surface area contributed by atoms with Crippen molar-refractivity contribution in [3.8, 4) is 0 Å². The Morgan fingerprint density at radius 1 is 0.435 bits per heavy atom. The normalized spacial score (nSPS) is 12.6. The first-order valence-corrected chi connectivity index (χ1v) is 27.9. The molecule has 0 spiro atoms. The highest BCUT2D eigenvalue weighted by molar-refractivity contribution is 5.76. The van der Waals surface area contributed by atoms with Gasteiger partial charge in [-0.3, -0.25) is 9.59 Å². The van der Waals surface area contributed by atoms with Gasteiger partial charge in [0, 0.05) is 12.8 Å². The maximum atomic E-state index is 12.5. The maximum absolute atomic E-state index is 12.5. The smallest absolute Gasteiger partial charge is 0.305 e. The highest BCUT2D eigenvalue weighted by Gasteiger charge is 2.20. The van der Waals surface area contributed by atoms with Gasteiger partial charge in [-0.15, -0.1) is 0 Å². The number of allylic oxidation sites excluding steroid dienone is 2. The molecule has 0 heterocycles. The van der Waals surface area contributed by atoms with Crippen LogP contribution in [0.1, 0.15) is 309 Å². The van der Waals surface area contributed by atoms with Crippen LogP contribution >= 0.6 is 0 Å². The van der Waals surface area contributed by atoms with Crippen LogP contribution in [0.25, 0.3) is 0 Å². The molecule has 6 heteroatoms. The lowest BCUT2D eigenvalue weighted by molar-refractivity contribution is -0.143. The molecule has 0 fully saturated rings. The van der Waals surface area contributed by atoms with E-state index in [0.717, 1.165) is 51.4 Å². The molecular formula is C56H109NO5. The molecule has 0 bridgehead atoms. The molecule has 2 atom stereocenters. The van der Waals surface area contributed by atoms with Crippen LogP contribution in [0.15, 0.2) is 12.2 Å². The molecule has 62 heavy (non-hydrogen) atoms. The number of aliphatic hydroxyl groups excluding tert-OH is 2. The summed E-state index contributed by atoms with van der Waals surface area (Å²) in [5, 5.41) is 23.2. The molecule has 3 N–H and O–H groups in total. The number of amides is 1. The summed E-state index contributed by atoms with van der Waals surface area (Å²) in [6, 6.07) is -0.549. The van der Waals surface area contributed by atoms with Crippen molar-refractivity contribution in [1.29, 1.82) is 0 Å². The highest BCUT2D eigenvalue weighted by atomic mass is 16.5. The fraction of sp³-hybridized carbons (Fsp3) is 0.929. The minimum Gasteiger partial charge on any atom is -0.466 e. The molecule has 6 nitrogen and oxygen atoms in total. The van der Waals surface area contributed by atoms with Crippen molar-refractivity contribution in [3.63, 3.8) is 0 Å². The van der Waals surface area contributed by atoms with Crippen LogP contribution < -0.4 is 5.32 Å². The van der Waals surface area contributed by atoms with Gasteiger partial charge in [-0.25, -0.2) is 0 Å². The number of rotatable bonds is 52. The highest BCUT2D eigenvalue weighted by Crippen LogP contribution is 2.17. The van der Waals surface area contributed by atoms with Gasteiger partial charge >= 0.3 is 5.97 Å². The minimum absolute atomic E-state index is 0.000828. The molecule has 0 aromatic heterocycles. The summed E-state index contributed by atoms with van der Waals surface area (Å²) in [5.41, 5.74) is 0. The van der Waals surface area contributed by atoms with E-state index in [1.807, 2.05) is 0 Å². The van der Waals surface area contributed by atoms with E-state index in [-0.39, 0.29) is 18.5 Å². The Morgan fingerprint density at radius 2 is 0.758 bits per heavy atom. The largest absolute Gasteiger partial charge is 0.466 e. The fourth-order valence-corrected chi connectivity index (χ4v) is 8.75. The Morgan fingerprint density at radius 3 is 1.15 bits per heavy atom. The number of aliphatic hydroxyl groups is 2. The number of ether oxygens (including phenoxy) is 1. The monoisotopic (exact) mass is 876 g/mol. The third-order valence-corrected chi connectivity index (χ3v) is 13.1. The molecule has 0 saturated heterocycles. The maximum Gasteiger partial charge on any atom is 0.305 e. The second-order valence-corrected chi connectivity index (χ2v) is 19.3. The van der Waals surface area contributed by atoms with Crippen molar-refractivity contribution >= 4 is 11.9 Å². The molecule has 0 aliphatic carbocycles. The van der Waals surface area contributed by atoms with E-state index in [9.17, 15) is 19.8 Å². The van der Waals surface area contributed by atoms with Crippen LogP contribution in [-0.2, 0) is 14.3 Å². The molecule has 0 rings (SSSR count). The van der Waals surface area contributed by atoms with Gasteiger partial charge in [-0.05, 0) is 51.4 Å². The summed E-state index contributed by atoms with van der Waals surface area (Å²) in [6.07, 6.45) is 60.5. The van der Waals surface area contributed by atoms with Gasteiger partial charge in [0.1, 0.15) is 0 Å². The van der Waals surface area contributed by atoms with Crippen molar-refractivity contribution in [2.24, 2.45) is 0 Å². The first-order chi connectivity index (χ1) is 30.5. The molecule has 1 amide bonds. The lowest BCUT2D eigenvalue weighted by Crippen LogP contribution is -2.45. The van der Waals surface area contributed by atoms with Crippen LogP contribution in [0.3, 0.4) is 0 Å². The predicted octanol–water partition coefficient (Wildman–Crippen LogP) is 16.9. The SMILES string of the molecule is CCCCCCCCCCCCCCCCC(=O)OCCCCCCCC/C=C\CCCCCCCCCC(=O)NC(CO)C(O)CCCCCCCCCCCCCCCC. The average molecular weight is 876 g/mol. The lowest BCUT2D eigenvalue weighted by Gasteiger charge is -2.22. The van der Waals surface area contributed by atoms with Gasteiger partial charge in [-0.1, -0.05) is 257 Å². The first-order valence-electron chi connectivity index (χ1n) is 27.9. The quantitative estimate of drug-likeness (QED) is 0.0321. The number of hydrogen-bond acceptors (Lipinski definition) is 5. The summed E-state index contributed by atoms with van der Waals surface area (Å²) < 4.78 is 5.47. The summed E-state index contributed by atoms with van der Waals surface area (Å²) >= 11 is 0. The molecule has 368 valence electrons. The fourth-order valence-electron chi connectivity index (χ4n) is 8.75. The number of carbonyl (C=O) groups is 2. The number of nitrogens with one attached hydrogen (secondary N) is 1. The van der Waals surface area contributed by atoms with Gasteiger partial charge in [0.05, 0.1) is 25.4 Å². The number of esters is 1. The van der Waals surface area contributed by atoms with Crippen LogP contribution in [0.5, 0.6) is 0 Å². The summed E-state index contributed by atoms with van der Waals surface area (Å²) in [7, 11) is 0. The van der Waals surface area contributed by atoms with E-state index < -0.39 is 12.1 Å². The molecule has 2 unspecified atom stereocenters. The number of unbranched alkanes of at least 4 members (excludes halogenated alkanes) is 39. The van der Waals surface area contributed by atoms with Crippen molar-refractivity contribution < 1.29 is 24.5 Å². The Balaban J connectivity index is 3.44. The van der Waals surface area contributed by atoms with E-state index in [2.05, 4.69) is 31.3 Å². The van der Waals surface area contributed by atoms with E-state index >= 15 is 0 Å². The van der Waals surface area contributed by atoms with Crippen LogP contribution in [0.4, 0.5) is 0 Å². The van der Waals surface area contributed by atoms with Gasteiger partial charge in [0.15, 0.2) is 0 Å². The second kappa shape index (κ2) is 52.2. The van der Waals surface area contributed by atoms with Crippen LogP contribution in [0.2, 0.25) is 0 Å². The molecule has 0 aromatic carbocycles. The third-order valence-electron chi connectivity index (χ3n) is 13.1. The summed E-state index contributed by atoms with van der Waals surface area (Å²) in [5.74, 6) is -0.0448. The van der Waals surface area contributed by atoms with E-state index in [4.69, 9.17) is 4.74 Å². The molecule has 0 radical (unpaired) electrons. The summed E-state index contributed by atoms with van der Waals surface area (Å²) in [4.78, 5) is 24.5. The third kappa shape index (κ3) is 48.1. The van der Waals surface area contributed by atoms with E-state index in [1.165, 1.54) is 225 Å². The van der Waals surface area contributed by atoms with E-state index in [1.54, 1.807) is 0 Å². The number of carbonyl (C=O) groups excluding carboxylic acids is 2. The Kier molecular flexibility index (Phi) is 51.0. The van der Waals surface area contributed by atoms with Gasteiger partial charge < -0.3 is 20.3 Å². The Bertz CT molecular complexity index is 924. The molecule has 0 saturated carbocycles. The predicted molar refractivity (Wildman–Crippen MR) is 269 cm³/mol. The topological polar surface area (TPSA) is 95.9 Å². The zero-order valence-corrected chi connectivity index (χ0v) is 41.9. The van der Waals surface area contributed by atoms with Crippen molar-refractivity contribution in [1.82, 2.24) is 5.32 Å². The molecule has 0 aliphatic rings. The van der Waals surface area contributed by atoms with Gasteiger partial charge in [0.2, 0.25) is 5.91 Å². The van der Waals surface area contributed by atoms with E-state index in [0.29, 0.717) is 25.9 Å². The van der Waals surface area contributed by atoms with Crippen molar-refractivity contribution in [2.45, 2.75) is 321 Å². The molecular weight excluding hydrogens is 767 g/mol. The Labute approximate surface area is 387 Å². The van der Waals surface area contributed by atoms with Gasteiger partial charge in [-0.2, -0.15) is 0 Å². The van der Waals surface area contributed by atoms with Crippen LogP contribution in [-0.4, -0.2) is 47.4 Å². The molecule has 0 aromatic rings. The summed E-state index contributed by atoms with van der Waals surface area (Å²) in [6.45, 7) is 4.94. The molecule has 0 aliphatic heterocycles. The van der Waals surface area contributed by atoms with Gasteiger partial charge in [0.25, 0.3) is 0 Å². The standard InChI is InChI=1S/C56H109NO5/c1-3-5-7-9-11-13-15-17-24-28-32-36-40-44-48-54(59)53(52-58)57-55(60)49-45-41-37-33-29-25-22-20-19-21-23-27-31-35-39-43-47-51-62-56(61)50-46-42-38-34-30-26-18-16-14-12-10-8-6-4-2/h19,21,53-54,58-59H,3-18,20,22-52H2,1-2H3,(H,57,60)/b21-19-. The second-order valence-electron chi connectivity index (χ2n) is 19.3. The average Bonchev–Trinajstić information content (AvgIpc) is 3.27. The van der Waals surface area contributed by atoms with Crippen molar-refractivity contribution in [3.05, 3.63) is 12.2 Å². The lowest BCUT2D eigenvalue weighted by atomic mass is 10.0. The first kappa shape index (κ1) is 60.6.